The van der Waals surface area contributed by atoms with E-state index in [1.807, 2.05) is 31.2 Å². The molecule has 0 atom stereocenters. The summed E-state index contributed by atoms with van der Waals surface area (Å²) in [4.78, 5) is 4.77. The van der Waals surface area contributed by atoms with Gasteiger partial charge in [-0.25, -0.2) is 8.42 Å². The van der Waals surface area contributed by atoms with Gasteiger partial charge in [0, 0.05) is 19.3 Å². The van der Waals surface area contributed by atoms with E-state index < -0.39 is 10.0 Å². The van der Waals surface area contributed by atoms with Gasteiger partial charge in [-0.05, 0) is 73.9 Å². The maximum atomic E-state index is 12.8. The Balaban J connectivity index is 1.69. The minimum Gasteiger partial charge on any atom is -0.494 e. The van der Waals surface area contributed by atoms with E-state index >= 15 is 0 Å². The fourth-order valence-electron chi connectivity index (χ4n) is 3.10. The lowest BCUT2D eigenvalue weighted by molar-refractivity contribution is 0.340. The molecule has 144 valence electrons. The zero-order chi connectivity index (χ0) is 19.1. The van der Waals surface area contributed by atoms with Crippen molar-refractivity contribution in [1.29, 1.82) is 0 Å². The maximum absolute atomic E-state index is 12.8. The Morgan fingerprint density at radius 3 is 2.19 bits per heavy atom. The molecule has 1 heterocycles. The Hall–Kier alpha value is -2.18. The number of benzene rings is 2. The third-order valence-corrected chi connectivity index (χ3v) is 6.51. The summed E-state index contributed by atoms with van der Waals surface area (Å²) in [7, 11) is -3.41. The van der Waals surface area contributed by atoms with Crippen LogP contribution in [0.4, 0.5) is 5.69 Å². The van der Waals surface area contributed by atoms with E-state index in [0.717, 1.165) is 42.7 Å². The quantitative estimate of drug-likeness (QED) is 0.691. The maximum Gasteiger partial charge on any atom is 0.243 e. The molecular formula is C21H26N2O3S. The summed E-state index contributed by atoms with van der Waals surface area (Å²) in [6, 6.07) is 14.5. The van der Waals surface area contributed by atoms with E-state index in [1.54, 1.807) is 34.8 Å². The first-order chi connectivity index (χ1) is 13.1. The van der Waals surface area contributed by atoms with Crippen LogP contribution in [0.15, 0.2) is 58.4 Å². The third kappa shape index (κ3) is 5.17. The highest BCUT2D eigenvalue weighted by atomic mass is 32.2. The van der Waals surface area contributed by atoms with E-state index in [4.69, 9.17) is 4.74 Å². The van der Waals surface area contributed by atoms with Gasteiger partial charge >= 0.3 is 0 Å². The zero-order valence-electron chi connectivity index (χ0n) is 15.7. The van der Waals surface area contributed by atoms with Crippen molar-refractivity contribution in [3.8, 4) is 5.75 Å². The van der Waals surface area contributed by atoms with Crippen LogP contribution in [0.5, 0.6) is 5.75 Å². The number of hydrogen-bond acceptors (Lipinski definition) is 4. The van der Waals surface area contributed by atoms with Crippen molar-refractivity contribution in [1.82, 2.24) is 4.31 Å². The largest absolute Gasteiger partial charge is 0.494 e. The Morgan fingerprint density at radius 1 is 0.963 bits per heavy atom. The highest BCUT2D eigenvalue weighted by Crippen LogP contribution is 2.22. The van der Waals surface area contributed by atoms with Gasteiger partial charge in [0.1, 0.15) is 5.75 Å². The summed E-state index contributed by atoms with van der Waals surface area (Å²) in [6.45, 7) is 3.81. The molecule has 2 aromatic rings. The van der Waals surface area contributed by atoms with Crippen LogP contribution >= 0.6 is 0 Å². The lowest BCUT2D eigenvalue weighted by Crippen LogP contribution is -2.31. The second kappa shape index (κ2) is 9.15. The van der Waals surface area contributed by atoms with Gasteiger partial charge in [-0.3, -0.25) is 4.99 Å². The van der Waals surface area contributed by atoms with Gasteiger partial charge in [-0.2, -0.15) is 4.31 Å². The van der Waals surface area contributed by atoms with Crippen LogP contribution in [0.2, 0.25) is 0 Å². The molecule has 0 aliphatic carbocycles. The standard InChI is InChI=1S/C21H26N2O3S/c1-2-26-20-11-7-18(8-12-20)17-22-19-9-13-21(14-10-19)27(24,25)23-15-5-3-4-6-16-23/h7-14,17H,2-6,15-16H2,1H3. The molecule has 0 radical (unpaired) electrons. The molecule has 0 bridgehead atoms. The molecule has 0 unspecified atom stereocenters. The predicted octanol–water partition coefficient (Wildman–Crippen LogP) is 4.40. The number of nitrogens with zero attached hydrogens (tertiary/aromatic N) is 2. The van der Waals surface area contributed by atoms with Crippen molar-refractivity contribution in [2.24, 2.45) is 4.99 Å². The molecule has 3 rings (SSSR count). The summed E-state index contributed by atoms with van der Waals surface area (Å²) in [5, 5.41) is 0. The zero-order valence-corrected chi connectivity index (χ0v) is 16.5. The van der Waals surface area contributed by atoms with E-state index in [0.29, 0.717) is 24.6 Å². The summed E-state index contributed by atoms with van der Waals surface area (Å²) in [6.07, 6.45) is 5.83. The van der Waals surface area contributed by atoms with Gasteiger partial charge in [0.2, 0.25) is 10.0 Å². The first-order valence-corrected chi connectivity index (χ1v) is 10.9. The molecule has 27 heavy (non-hydrogen) atoms. The summed E-state index contributed by atoms with van der Waals surface area (Å²) in [5.74, 6) is 0.831. The average Bonchev–Trinajstić information content (AvgIpc) is 2.98. The van der Waals surface area contributed by atoms with Gasteiger partial charge < -0.3 is 4.74 Å². The van der Waals surface area contributed by atoms with Crippen LogP contribution in [0, 0.1) is 0 Å². The monoisotopic (exact) mass is 386 g/mol. The Kier molecular flexibility index (Phi) is 6.63. The predicted molar refractivity (Wildman–Crippen MR) is 109 cm³/mol. The molecule has 0 saturated carbocycles. The van der Waals surface area contributed by atoms with Crippen molar-refractivity contribution < 1.29 is 13.2 Å². The van der Waals surface area contributed by atoms with Gasteiger partial charge in [0.05, 0.1) is 17.2 Å². The molecule has 1 aliphatic rings. The Morgan fingerprint density at radius 2 is 1.59 bits per heavy atom. The highest BCUT2D eigenvalue weighted by Gasteiger charge is 2.24. The van der Waals surface area contributed by atoms with Crippen LogP contribution < -0.4 is 4.74 Å². The van der Waals surface area contributed by atoms with Crippen molar-refractivity contribution in [3.63, 3.8) is 0 Å². The van der Waals surface area contributed by atoms with Gasteiger partial charge in [-0.15, -0.1) is 0 Å². The minimum absolute atomic E-state index is 0.337. The van der Waals surface area contributed by atoms with Crippen LogP contribution in [-0.2, 0) is 10.0 Å². The number of hydrogen-bond donors (Lipinski definition) is 0. The molecule has 0 N–H and O–H groups in total. The van der Waals surface area contributed by atoms with Crippen molar-refractivity contribution in [2.75, 3.05) is 19.7 Å². The minimum atomic E-state index is -3.41. The molecule has 1 fully saturated rings. The van der Waals surface area contributed by atoms with Gasteiger partial charge in [0.25, 0.3) is 0 Å². The summed E-state index contributed by atoms with van der Waals surface area (Å²) < 4.78 is 32.6. The first kappa shape index (κ1) is 19.6. The molecular weight excluding hydrogens is 360 g/mol. The number of sulfonamides is 1. The fraction of sp³-hybridized carbons (Fsp3) is 0.381. The molecule has 6 heteroatoms. The molecule has 1 saturated heterocycles. The van der Waals surface area contributed by atoms with Crippen molar-refractivity contribution >= 4 is 21.9 Å². The Bertz CT molecular complexity index is 851. The first-order valence-electron chi connectivity index (χ1n) is 9.47. The fourth-order valence-corrected chi connectivity index (χ4v) is 4.62. The lowest BCUT2D eigenvalue weighted by atomic mass is 10.2. The molecule has 0 spiro atoms. The van der Waals surface area contributed by atoms with Crippen LogP contribution in [-0.4, -0.2) is 38.6 Å². The molecule has 1 aliphatic heterocycles. The second-order valence-corrected chi connectivity index (χ2v) is 8.51. The van der Waals surface area contributed by atoms with Gasteiger partial charge in [0.15, 0.2) is 0 Å². The van der Waals surface area contributed by atoms with Crippen LogP contribution in [0.1, 0.15) is 38.2 Å². The molecule has 0 amide bonds. The topological polar surface area (TPSA) is 59.0 Å². The molecule has 5 nitrogen and oxygen atoms in total. The Labute approximate surface area is 161 Å². The second-order valence-electron chi connectivity index (χ2n) is 6.57. The van der Waals surface area contributed by atoms with Crippen molar-refractivity contribution in [2.45, 2.75) is 37.5 Å². The smallest absolute Gasteiger partial charge is 0.243 e. The number of aliphatic imine (C=N–C) groups is 1. The number of rotatable bonds is 6. The lowest BCUT2D eigenvalue weighted by Gasteiger charge is -2.19. The summed E-state index contributed by atoms with van der Waals surface area (Å²) in [5.41, 5.74) is 1.68. The molecule has 0 aromatic heterocycles. The number of ether oxygens (including phenoxy) is 1. The van der Waals surface area contributed by atoms with E-state index in [9.17, 15) is 8.42 Å². The average molecular weight is 387 g/mol. The highest BCUT2D eigenvalue weighted by molar-refractivity contribution is 7.89. The summed E-state index contributed by atoms with van der Waals surface area (Å²) >= 11 is 0. The third-order valence-electron chi connectivity index (χ3n) is 4.59. The van der Waals surface area contributed by atoms with Crippen LogP contribution in [0.3, 0.4) is 0 Å². The van der Waals surface area contributed by atoms with Crippen molar-refractivity contribution in [3.05, 3.63) is 54.1 Å². The van der Waals surface area contributed by atoms with E-state index in [-0.39, 0.29) is 0 Å². The molecule has 2 aromatic carbocycles. The SMILES string of the molecule is CCOc1ccc(C=Nc2ccc(S(=O)(=O)N3CCCCCC3)cc2)cc1. The van der Waals surface area contributed by atoms with E-state index in [2.05, 4.69) is 4.99 Å². The van der Waals surface area contributed by atoms with Gasteiger partial charge in [-0.1, -0.05) is 12.8 Å². The van der Waals surface area contributed by atoms with Crippen LogP contribution in [0.25, 0.3) is 0 Å². The van der Waals surface area contributed by atoms with E-state index in [1.165, 1.54) is 0 Å². The normalized spacial score (nSPS) is 16.3.